The van der Waals surface area contributed by atoms with E-state index in [0.29, 0.717) is 29.7 Å². The summed E-state index contributed by atoms with van der Waals surface area (Å²) >= 11 is 0. The molecular weight excluding hydrogens is 416 g/mol. The first kappa shape index (κ1) is 22.7. The largest absolute Gasteiger partial charge is 0.326 e. The second-order valence-electron chi connectivity index (χ2n) is 8.66. The van der Waals surface area contributed by atoms with Gasteiger partial charge in [-0.2, -0.15) is 0 Å². The molecule has 0 saturated heterocycles. The molecule has 1 aromatic heterocycles. The summed E-state index contributed by atoms with van der Waals surface area (Å²) in [4.78, 5) is 44.8. The zero-order valence-electron chi connectivity index (χ0n) is 19.5. The second-order valence-corrected chi connectivity index (χ2v) is 8.66. The van der Waals surface area contributed by atoms with Gasteiger partial charge in [-0.15, -0.1) is 0 Å². The third-order valence-electron chi connectivity index (χ3n) is 6.33. The third-order valence-corrected chi connectivity index (χ3v) is 6.33. The van der Waals surface area contributed by atoms with E-state index in [1.807, 2.05) is 39.0 Å². The number of amides is 2. The number of anilines is 2. The maximum atomic E-state index is 13.0. The van der Waals surface area contributed by atoms with Gasteiger partial charge in [0.25, 0.3) is 5.56 Å². The molecule has 7 heteroatoms. The highest BCUT2D eigenvalue weighted by atomic mass is 16.2. The molecule has 2 amide bonds. The Labute approximate surface area is 193 Å². The number of nitrogens with zero attached hydrogens (tertiary/aromatic N) is 3. The molecule has 0 atom stereocenters. The fourth-order valence-corrected chi connectivity index (χ4v) is 4.33. The molecule has 7 nitrogen and oxygen atoms in total. The Hall–Kier alpha value is -3.48. The van der Waals surface area contributed by atoms with Crippen LogP contribution in [0, 0.1) is 13.8 Å². The minimum absolute atomic E-state index is 0.0732. The Kier molecular flexibility index (Phi) is 6.58. The second kappa shape index (κ2) is 9.57. The molecule has 1 aliphatic rings. The van der Waals surface area contributed by atoms with E-state index in [1.165, 1.54) is 0 Å². The van der Waals surface area contributed by atoms with Crippen LogP contribution in [0.5, 0.6) is 0 Å². The maximum Gasteiger partial charge on any atom is 0.261 e. The van der Waals surface area contributed by atoms with Gasteiger partial charge >= 0.3 is 0 Å². The van der Waals surface area contributed by atoms with Gasteiger partial charge in [-0.25, -0.2) is 4.98 Å². The summed E-state index contributed by atoms with van der Waals surface area (Å²) in [6.07, 6.45) is 3.62. The molecule has 0 bridgehead atoms. The van der Waals surface area contributed by atoms with Crippen LogP contribution in [0.4, 0.5) is 11.4 Å². The van der Waals surface area contributed by atoms with Gasteiger partial charge in [0.05, 0.1) is 10.9 Å². The predicted octanol–water partition coefficient (Wildman–Crippen LogP) is 4.12. The van der Waals surface area contributed by atoms with E-state index in [4.69, 9.17) is 0 Å². The van der Waals surface area contributed by atoms with Crippen LogP contribution in [0.2, 0.25) is 0 Å². The first-order valence-electron chi connectivity index (χ1n) is 11.6. The summed E-state index contributed by atoms with van der Waals surface area (Å²) in [5.41, 5.74) is 4.08. The Morgan fingerprint density at radius 1 is 1.06 bits per heavy atom. The predicted molar refractivity (Wildman–Crippen MR) is 131 cm³/mol. The molecule has 2 aromatic carbocycles. The number of hydrogen-bond donors (Lipinski definition) is 1. The summed E-state index contributed by atoms with van der Waals surface area (Å²) in [6.45, 7) is 7.05. The number of carbonyl (C=O) groups excluding carboxylic acids is 2. The van der Waals surface area contributed by atoms with Crippen molar-refractivity contribution in [1.29, 1.82) is 0 Å². The molecule has 33 heavy (non-hydrogen) atoms. The molecule has 1 aliphatic heterocycles. The van der Waals surface area contributed by atoms with Gasteiger partial charge in [-0.05, 0) is 75.1 Å². The maximum absolute atomic E-state index is 13.0. The van der Waals surface area contributed by atoms with Crippen LogP contribution in [0.1, 0.15) is 49.6 Å². The van der Waals surface area contributed by atoms with Crippen LogP contribution in [-0.2, 0) is 22.6 Å². The van der Waals surface area contributed by atoms with E-state index in [0.717, 1.165) is 48.3 Å². The molecule has 0 radical (unpaired) electrons. The minimum Gasteiger partial charge on any atom is -0.326 e. The molecule has 2 heterocycles. The standard InChI is InChI=1S/C26H30N4O3/c1-4-29(20-11-9-17(2)18(3)14-20)25(32)16-24(31)27-19-10-12-22-21(15-19)26(33)30-13-7-5-6-8-23(30)28-22/h9-12,14-15H,4-8,13,16H2,1-3H3,(H,27,31). The quantitative estimate of drug-likeness (QED) is 0.598. The van der Waals surface area contributed by atoms with Crippen molar-refractivity contribution in [2.45, 2.75) is 59.4 Å². The molecule has 0 unspecified atom stereocenters. The molecule has 3 aromatic rings. The van der Waals surface area contributed by atoms with Crippen LogP contribution >= 0.6 is 0 Å². The van der Waals surface area contributed by atoms with E-state index >= 15 is 0 Å². The Balaban J connectivity index is 1.51. The van der Waals surface area contributed by atoms with Crippen molar-refractivity contribution in [3.8, 4) is 0 Å². The molecule has 0 aliphatic carbocycles. The molecule has 0 saturated carbocycles. The van der Waals surface area contributed by atoms with Crippen molar-refractivity contribution in [2.24, 2.45) is 0 Å². The summed E-state index contributed by atoms with van der Waals surface area (Å²) in [5.74, 6) is 0.147. The van der Waals surface area contributed by atoms with Crippen molar-refractivity contribution < 1.29 is 9.59 Å². The van der Waals surface area contributed by atoms with Gasteiger partial charge < -0.3 is 10.2 Å². The molecule has 0 spiro atoms. The molecule has 1 N–H and O–H groups in total. The topological polar surface area (TPSA) is 84.3 Å². The number of nitrogens with one attached hydrogen (secondary N) is 1. The SMILES string of the molecule is CCN(C(=O)CC(=O)Nc1ccc2nc3n(c(=O)c2c1)CCCCC3)c1ccc(C)c(C)c1. The van der Waals surface area contributed by atoms with Crippen LogP contribution in [-0.4, -0.2) is 27.9 Å². The smallest absolute Gasteiger partial charge is 0.261 e. The number of benzene rings is 2. The van der Waals surface area contributed by atoms with Gasteiger partial charge in [-0.1, -0.05) is 12.5 Å². The lowest BCUT2D eigenvalue weighted by atomic mass is 10.1. The molecule has 0 fully saturated rings. The number of rotatable bonds is 5. The van der Waals surface area contributed by atoms with Gasteiger partial charge in [-0.3, -0.25) is 19.0 Å². The Morgan fingerprint density at radius 2 is 1.88 bits per heavy atom. The lowest BCUT2D eigenvalue weighted by Gasteiger charge is -2.22. The number of aromatic nitrogens is 2. The highest BCUT2D eigenvalue weighted by Gasteiger charge is 2.19. The van der Waals surface area contributed by atoms with Crippen LogP contribution in [0.15, 0.2) is 41.2 Å². The van der Waals surface area contributed by atoms with Crippen molar-refractivity contribution in [3.05, 3.63) is 63.7 Å². The van der Waals surface area contributed by atoms with Gasteiger partial charge in [0.15, 0.2) is 0 Å². The van der Waals surface area contributed by atoms with Crippen molar-refractivity contribution in [3.63, 3.8) is 0 Å². The van der Waals surface area contributed by atoms with Crippen LogP contribution in [0.25, 0.3) is 10.9 Å². The normalized spacial score (nSPS) is 13.3. The summed E-state index contributed by atoms with van der Waals surface area (Å²) in [7, 11) is 0. The first-order chi connectivity index (χ1) is 15.9. The summed E-state index contributed by atoms with van der Waals surface area (Å²) < 4.78 is 1.76. The lowest BCUT2D eigenvalue weighted by molar-refractivity contribution is -0.125. The number of carbonyl (C=O) groups is 2. The third kappa shape index (κ3) is 4.82. The van der Waals surface area contributed by atoms with Gasteiger partial charge in [0.1, 0.15) is 12.2 Å². The van der Waals surface area contributed by atoms with E-state index < -0.39 is 5.91 Å². The summed E-state index contributed by atoms with van der Waals surface area (Å²) in [5, 5.41) is 3.25. The fraction of sp³-hybridized carbons (Fsp3) is 0.385. The van der Waals surface area contributed by atoms with Crippen molar-refractivity contribution >= 4 is 34.1 Å². The monoisotopic (exact) mass is 446 g/mol. The number of hydrogen-bond acceptors (Lipinski definition) is 4. The highest BCUT2D eigenvalue weighted by Crippen LogP contribution is 2.21. The van der Waals surface area contributed by atoms with E-state index in [9.17, 15) is 14.4 Å². The van der Waals surface area contributed by atoms with Gasteiger partial charge in [0.2, 0.25) is 11.8 Å². The average Bonchev–Trinajstić information content (AvgIpc) is 3.03. The minimum atomic E-state index is -0.413. The zero-order chi connectivity index (χ0) is 23.5. The van der Waals surface area contributed by atoms with E-state index in [2.05, 4.69) is 10.3 Å². The summed E-state index contributed by atoms with van der Waals surface area (Å²) in [6, 6.07) is 11.0. The fourth-order valence-electron chi connectivity index (χ4n) is 4.33. The van der Waals surface area contributed by atoms with Crippen molar-refractivity contribution in [1.82, 2.24) is 9.55 Å². The first-order valence-corrected chi connectivity index (χ1v) is 11.6. The van der Waals surface area contributed by atoms with E-state index in [-0.39, 0.29) is 17.9 Å². The molecule has 172 valence electrons. The van der Waals surface area contributed by atoms with E-state index in [1.54, 1.807) is 27.7 Å². The van der Waals surface area contributed by atoms with Crippen molar-refractivity contribution in [2.75, 3.05) is 16.8 Å². The average molecular weight is 447 g/mol. The molecular formula is C26H30N4O3. The number of aryl methyl sites for hydroxylation is 3. The van der Waals surface area contributed by atoms with Crippen LogP contribution in [0.3, 0.4) is 0 Å². The zero-order valence-corrected chi connectivity index (χ0v) is 19.5. The highest BCUT2D eigenvalue weighted by molar-refractivity contribution is 6.09. The van der Waals surface area contributed by atoms with Crippen LogP contribution < -0.4 is 15.8 Å². The Bertz CT molecular complexity index is 1280. The number of fused-ring (bicyclic) bond motifs is 2. The van der Waals surface area contributed by atoms with Gasteiger partial charge in [0, 0.05) is 30.9 Å². The molecule has 4 rings (SSSR count). The lowest BCUT2D eigenvalue weighted by Crippen LogP contribution is -2.33. The Morgan fingerprint density at radius 3 is 2.64 bits per heavy atom.